The van der Waals surface area contributed by atoms with E-state index in [1.807, 2.05) is 0 Å². The van der Waals surface area contributed by atoms with Crippen molar-refractivity contribution in [3.8, 4) is 0 Å². The number of halogens is 1. The molecule has 1 aliphatic heterocycles. The van der Waals surface area contributed by atoms with E-state index < -0.39 is 68.5 Å². The van der Waals surface area contributed by atoms with Gasteiger partial charge in [0.2, 0.25) is 17.6 Å². The van der Waals surface area contributed by atoms with Gasteiger partial charge in [0.25, 0.3) is 0 Å². The summed E-state index contributed by atoms with van der Waals surface area (Å²) in [6, 6.07) is 0. The standard InChI is InChI=1S/C11H15FO7/c1-5(13)10(16)8(19-7(3)15)4-18-9(12)11(10,17)6(2)14/h8-9,16-17H,4H2,1-3H3/t8-,9?,10+,11+/m1/s1/i1D,2D,3D. The third-order valence-corrected chi connectivity index (χ3v) is 2.89. The van der Waals surface area contributed by atoms with Crippen LogP contribution in [0.4, 0.5) is 4.39 Å². The van der Waals surface area contributed by atoms with Gasteiger partial charge in [0.15, 0.2) is 17.7 Å². The molecule has 1 rings (SSSR count). The second kappa shape index (κ2) is 4.95. The van der Waals surface area contributed by atoms with E-state index in [1.165, 1.54) is 0 Å². The SMILES string of the molecule is [2H]CC(=O)O[C@@H]1COC(F)[C@@](O)(C(=O)C[2H])[C@]1(O)C(=O)C[2H]. The minimum absolute atomic E-state index is 0.872. The van der Waals surface area contributed by atoms with Gasteiger partial charge >= 0.3 is 5.97 Å². The smallest absolute Gasteiger partial charge is 0.303 e. The van der Waals surface area contributed by atoms with Crippen LogP contribution in [0.15, 0.2) is 0 Å². The molecule has 8 heteroatoms. The van der Waals surface area contributed by atoms with Crippen molar-refractivity contribution in [2.24, 2.45) is 0 Å². The lowest BCUT2D eigenvalue weighted by molar-refractivity contribution is -0.298. The van der Waals surface area contributed by atoms with Gasteiger partial charge in [-0.3, -0.25) is 14.4 Å². The Morgan fingerprint density at radius 3 is 2.37 bits per heavy atom. The van der Waals surface area contributed by atoms with E-state index in [0.717, 1.165) is 0 Å². The molecule has 0 aromatic rings. The Morgan fingerprint density at radius 2 is 1.84 bits per heavy atom. The Balaban J connectivity index is 3.40. The fourth-order valence-electron chi connectivity index (χ4n) is 1.84. The summed E-state index contributed by atoms with van der Waals surface area (Å²) in [5, 5.41) is 20.7. The van der Waals surface area contributed by atoms with Crippen molar-refractivity contribution >= 4 is 17.5 Å². The van der Waals surface area contributed by atoms with Crippen LogP contribution in [0.1, 0.15) is 24.8 Å². The van der Waals surface area contributed by atoms with E-state index in [0.29, 0.717) is 0 Å². The van der Waals surface area contributed by atoms with Gasteiger partial charge in [-0.15, -0.1) is 0 Å². The highest BCUT2D eigenvalue weighted by Gasteiger charge is 2.69. The first-order valence-electron chi connectivity index (χ1n) is 7.16. The average molecular weight is 281 g/mol. The van der Waals surface area contributed by atoms with Crippen LogP contribution >= 0.6 is 0 Å². The number of ether oxygens (including phenoxy) is 2. The van der Waals surface area contributed by atoms with E-state index in [9.17, 15) is 29.0 Å². The lowest BCUT2D eigenvalue weighted by Crippen LogP contribution is -2.76. The van der Waals surface area contributed by atoms with Crippen molar-refractivity contribution in [3.05, 3.63) is 0 Å². The number of carbonyl (C=O) groups excluding carboxylic acids is 3. The van der Waals surface area contributed by atoms with Crippen LogP contribution in [0.3, 0.4) is 0 Å². The maximum atomic E-state index is 13.9. The Labute approximate surface area is 112 Å². The Morgan fingerprint density at radius 1 is 1.26 bits per heavy atom. The number of Topliss-reactive ketones (excluding diaryl/α,β-unsaturated/α-hetero) is 2. The van der Waals surface area contributed by atoms with E-state index in [-0.39, 0.29) is 0 Å². The molecule has 4 atom stereocenters. The molecule has 1 unspecified atom stereocenters. The molecule has 0 bridgehead atoms. The zero-order valence-electron chi connectivity index (χ0n) is 12.8. The van der Waals surface area contributed by atoms with Crippen LogP contribution in [0.5, 0.6) is 0 Å². The number of rotatable bonds is 3. The first-order valence-corrected chi connectivity index (χ1v) is 5.04. The van der Waals surface area contributed by atoms with E-state index in [2.05, 4.69) is 9.47 Å². The number of hydrogen-bond donors (Lipinski definition) is 2. The molecule has 19 heavy (non-hydrogen) atoms. The van der Waals surface area contributed by atoms with Crippen LogP contribution in [0.2, 0.25) is 0 Å². The fraction of sp³-hybridized carbons (Fsp3) is 0.727. The summed E-state index contributed by atoms with van der Waals surface area (Å²) in [7, 11) is 0. The van der Waals surface area contributed by atoms with E-state index in [4.69, 9.17) is 4.11 Å². The molecular weight excluding hydrogens is 263 g/mol. The highest BCUT2D eigenvalue weighted by atomic mass is 19.1. The summed E-state index contributed by atoms with van der Waals surface area (Å²) in [5.41, 5.74) is -6.77. The average Bonchev–Trinajstić information content (AvgIpc) is 2.53. The van der Waals surface area contributed by atoms with E-state index >= 15 is 0 Å². The third-order valence-electron chi connectivity index (χ3n) is 2.89. The molecule has 0 radical (unpaired) electrons. The summed E-state index contributed by atoms with van der Waals surface area (Å²) in [5.74, 6) is -4.27. The van der Waals surface area contributed by atoms with Crippen molar-refractivity contribution in [2.45, 2.75) is 44.4 Å². The lowest BCUT2D eigenvalue weighted by atomic mass is 9.72. The quantitative estimate of drug-likeness (QED) is 0.631. The topological polar surface area (TPSA) is 110 Å². The molecule has 1 aliphatic rings. The highest BCUT2D eigenvalue weighted by molar-refractivity contribution is 5.98. The van der Waals surface area contributed by atoms with Gasteiger partial charge in [-0.05, 0) is 13.8 Å². The van der Waals surface area contributed by atoms with Crippen LogP contribution < -0.4 is 0 Å². The number of aliphatic hydroxyl groups is 2. The first kappa shape index (κ1) is 11.4. The molecule has 1 fully saturated rings. The molecule has 108 valence electrons. The van der Waals surface area contributed by atoms with Gasteiger partial charge in [0.1, 0.15) is 0 Å². The van der Waals surface area contributed by atoms with Crippen molar-refractivity contribution in [2.75, 3.05) is 6.61 Å². The number of ketones is 2. The second-order valence-corrected chi connectivity index (χ2v) is 4.01. The van der Waals surface area contributed by atoms with Gasteiger partial charge in [0, 0.05) is 11.0 Å². The molecule has 1 heterocycles. The van der Waals surface area contributed by atoms with Crippen molar-refractivity contribution in [1.29, 1.82) is 0 Å². The van der Waals surface area contributed by atoms with Crippen LogP contribution in [-0.4, -0.2) is 58.0 Å². The van der Waals surface area contributed by atoms with Gasteiger partial charge in [-0.25, -0.2) is 4.39 Å². The maximum Gasteiger partial charge on any atom is 0.303 e. The molecule has 0 spiro atoms. The minimum atomic E-state index is -3.49. The highest BCUT2D eigenvalue weighted by Crippen LogP contribution is 2.39. The Hall–Kier alpha value is -1.38. The predicted octanol–water partition coefficient (Wildman–Crippen LogP) is -1.12. The zero-order chi connectivity index (χ0) is 17.1. The van der Waals surface area contributed by atoms with Crippen LogP contribution in [-0.2, 0) is 23.9 Å². The van der Waals surface area contributed by atoms with Crippen LogP contribution in [0.25, 0.3) is 0 Å². The predicted molar refractivity (Wildman–Crippen MR) is 57.7 cm³/mol. The van der Waals surface area contributed by atoms with Gasteiger partial charge in [-0.1, -0.05) is 0 Å². The lowest BCUT2D eigenvalue weighted by Gasteiger charge is -2.48. The monoisotopic (exact) mass is 281 g/mol. The van der Waals surface area contributed by atoms with Gasteiger partial charge in [-0.2, -0.15) is 0 Å². The number of carbonyl (C=O) groups is 3. The number of hydrogen-bond acceptors (Lipinski definition) is 7. The van der Waals surface area contributed by atoms with Crippen molar-refractivity contribution in [3.63, 3.8) is 0 Å². The van der Waals surface area contributed by atoms with Crippen molar-refractivity contribution < 1.29 is 42.6 Å². The summed E-state index contributed by atoms with van der Waals surface area (Å²) < 4.78 is 43.7. The van der Waals surface area contributed by atoms with Crippen LogP contribution in [0, 0.1) is 0 Å². The summed E-state index contributed by atoms with van der Waals surface area (Å²) in [6.45, 7) is -4.10. The normalized spacial score (nSPS) is 40.7. The molecule has 0 amide bonds. The fourth-order valence-corrected chi connectivity index (χ4v) is 1.84. The van der Waals surface area contributed by atoms with Gasteiger partial charge < -0.3 is 19.7 Å². The number of esters is 1. The number of alkyl halides is 1. The molecule has 2 N–H and O–H groups in total. The Bertz CT molecular complexity index is 477. The summed E-state index contributed by atoms with van der Waals surface area (Å²) in [6.07, 6.45) is -4.84. The molecule has 0 saturated carbocycles. The molecule has 1 saturated heterocycles. The zero-order valence-corrected chi connectivity index (χ0v) is 9.80. The molecule has 0 aromatic heterocycles. The molecule has 7 nitrogen and oxygen atoms in total. The third kappa shape index (κ3) is 2.15. The van der Waals surface area contributed by atoms with E-state index in [1.54, 1.807) is 0 Å². The Kier molecular flexibility index (Phi) is 2.98. The largest absolute Gasteiger partial charge is 0.456 e. The summed E-state index contributed by atoms with van der Waals surface area (Å²) in [4.78, 5) is 34.8. The molecule has 0 aromatic carbocycles. The van der Waals surface area contributed by atoms with Gasteiger partial charge in [0.05, 0.1) is 6.61 Å². The molecular formula is C11H15FO7. The van der Waals surface area contributed by atoms with Crippen molar-refractivity contribution in [1.82, 2.24) is 0 Å². The molecule has 0 aliphatic carbocycles. The second-order valence-electron chi connectivity index (χ2n) is 4.01. The summed E-state index contributed by atoms with van der Waals surface area (Å²) >= 11 is 0. The minimum Gasteiger partial charge on any atom is -0.456 e. The maximum absolute atomic E-state index is 13.9. The first-order chi connectivity index (χ1) is 10.2.